The summed E-state index contributed by atoms with van der Waals surface area (Å²) in [7, 11) is 1.85. The SMILES string of the molecule is CN=C(NCCc1cc(C)cc(C)c1)N1CCN(C(C)C(=O)N2CCCC2)CC1. The Hall–Kier alpha value is -2.08. The zero-order chi connectivity index (χ0) is 20.8. The molecule has 6 nitrogen and oxygen atoms in total. The molecule has 29 heavy (non-hydrogen) atoms. The largest absolute Gasteiger partial charge is 0.356 e. The maximum Gasteiger partial charge on any atom is 0.239 e. The highest BCUT2D eigenvalue weighted by Gasteiger charge is 2.30. The van der Waals surface area contributed by atoms with Crippen molar-refractivity contribution in [2.75, 3.05) is 52.9 Å². The molecule has 0 aromatic heterocycles. The number of likely N-dealkylation sites (tertiary alicyclic amines) is 1. The van der Waals surface area contributed by atoms with Crippen molar-refractivity contribution in [2.24, 2.45) is 4.99 Å². The van der Waals surface area contributed by atoms with E-state index in [9.17, 15) is 4.79 Å². The van der Waals surface area contributed by atoms with E-state index < -0.39 is 0 Å². The van der Waals surface area contributed by atoms with Crippen LogP contribution < -0.4 is 5.32 Å². The lowest BCUT2D eigenvalue weighted by atomic mass is 10.1. The third kappa shape index (κ3) is 5.72. The Kier molecular flexibility index (Phi) is 7.53. The van der Waals surface area contributed by atoms with Crippen LogP contribution in [0.15, 0.2) is 23.2 Å². The number of nitrogens with one attached hydrogen (secondary N) is 1. The lowest BCUT2D eigenvalue weighted by Gasteiger charge is -2.39. The molecular weight excluding hydrogens is 362 g/mol. The molecule has 2 aliphatic heterocycles. The van der Waals surface area contributed by atoms with Crippen LogP contribution in [0.1, 0.15) is 36.5 Å². The maximum atomic E-state index is 12.7. The van der Waals surface area contributed by atoms with Gasteiger partial charge < -0.3 is 15.1 Å². The number of aryl methyl sites for hydroxylation is 2. The molecule has 2 saturated heterocycles. The average molecular weight is 400 g/mol. The quantitative estimate of drug-likeness (QED) is 0.608. The average Bonchev–Trinajstić information content (AvgIpc) is 3.24. The van der Waals surface area contributed by atoms with E-state index in [0.717, 1.165) is 71.0 Å². The molecule has 2 fully saturated rings. The second-order valence-corrected chi connectivity index (χ2v) is 8.45. The van der Waals surface area contributed by atoms with E-state index in [0.29, 0.717) is 5.91 Å². The highest BCUT2D eigenvalue weighted by atomic mass is 16.2. The van der Waals surface area contributed by atoms with Crippen LogP contribution in [0.2, 0.25) is 0 Å². The molecule has 1 aromatic rings. The van der Waals surface area contributed by atoms with Gasteiger partial charge in [0.15, 0.2) is 5.96 Å². The number of benzene rings is 1. The monoisotopic (exact) mass is 399 g/mol. The van der Waals surface area contributed by atoms with Gasteiger partial charge in [-0.25, -0.2) is 0 Å². The number of carbonyl (C=O) groups is 1. The van der Waals surface area contributed by atoms with Crippen LogP contribution in [0.25, 0.3) is 0 Å². The summed E-state index contributed by atoms with van der Waals surface area (Å²) in [4.78, 5) is 23.8. The van der Waals surface area contributed by atoms with Crippen molar-refractivity contribution in [3.05, 3.63) is 34.9 Å². The van der Waals surface area contributed by atoms with Crippen molar-refractivity contribution < 1.29 is 4.79 Å². The first-order valence-corrected chi connectivity index (χ1v) is 11.0. The number of guanidine groups is 1. The minimum atomic E-state index is -0.0187. The highest BCUT2D eigenvalue weighted by molar-refractivity contribution is 5.82. The Bertz CT molecular complexity index is 698. The van der Waals surface area contributed by atoms with Gasteiger partial charge >= 0.3 is 0 Å². The van der Waals surface area contributed by atoms with E-state index in [1.807, 2.05) is 11.9 Å². The van der Waals surface area contributed by atoms with Gasteiger partial charge in [0.25, 0.3) is 0 Å². The molecular formula is C23H37N5O. The number of amides is 1. The molecule has 0 radical (unpaired) electrons. The first-order valence-electron chi connectivity index (χ1n) is 11.0. The molecule has 1 aromatic carbocycles. The van der Waals surface area contributed by atoms with Gasteiger partial charge in [-0.3, -0.25) is 14.7 Å². The van der Waals surface area contributed by atoms with Crippen LogP contribution in [0.5, 0.6) is 0 Å². The number of aliphatic imine (C=N–C) groups is 1. The molecule has 0 saturated carbocycles. The van der Waals surface area contributed by atoms with Crippen molar-refractivity contribution in [1.29, 1.82) is 0 Å². The molecule has 0 bridgehead atoms. The molecule has 0 aliphatic carbocycles. The minimum absolute atomic E-state index is 0.0187. The van der Waals surface area contributed by atoms with E-state index in [4.69, 9.17) is 0 Å². The number of rotatable bonds is 5. The van der Waals surface area contributed by atoms with Gasteiger partial charge in [0, 0.05) is 52.9 Å². The summed E-state index contributed by atoms with van der Waals surface area (Å²) in [6.45, 7) is 12.7. The van der Waals surface area contributed by atoms with Crippen LogP contribution in [0, 0.1) is 13.8 Å². The Balaban J connectivity index is 1.45. The summed E-state index contributed by atoms with van der Waals surface area (Å²) >= 11 is 0. The molecule has 3 rings (SSSR count). The van der Waals surface area contributed by atoms with Crippen molar-refractivity contribution >= 4 is 11.9 Å². The molecule has 160 valence electrons. The van der Waals surface area contributed by atoms with Crippen LogP contribution in [0.3, 0.4) is 0 Å². The van der Waals surface area contributed by atoms with Gasteiger partial charge in [-0.05, 0) is 45.6 Å². The van der Waals surface area contributed by atoms with Crippen molar-refractivity contribution in [3.63, 3.8) is 0 Å². The number of piperazine rings is 1. The van der Waals surface area contributed by atoms with Gasteiger partial charge in [-0.15, -0.1) is 0 Å². The molecule has 6 heteroatoms. The van der Waals surface area contributed by atoms with Gasteiger partial charge in [0.1, 0.15) is 0 Å². The van der Waals surface area contributed by atoms with E-state index in [2.05, 4.69) is 59.1 Å². The fraction of sp³-hybridized carbons (Fsp3) is 0.652. The van der Waals surface area contributed by atoms with Crippen molar-refractivity contribution in [3.8, 4) is 0 Å². The molecule has 0 spiro atoms. The summed E-state index contributed by atoms with van der Waals surface area (Å²) < 4.78 is 0. The van der Waals surface area contributed by atoms with Crippen LogP contribution in [-0.2, 0) is 11.2 Å². The van der Waals surface area contributed by atoms with Crippen molar-refractivity contribution in [1.82, 2.24) is 20.0 Å². The van der Waals surface area contributed by atoms with Gasteiger partial charge in [-0.2, -0.15) is 0 Å². The smallest absolute Gasteiger partial charge is 0.239 e. The lowest BCUT2D eigenvalue weighted by Crippen LogP contribution is -2.57. The standard InChI is InChI=1S/C23H37N5O/c1-18-15-19(2)17-21(16-18)7-8-25-23(24-4)28-13-11-26(12-14-28)20(3)22(29)27-9-5-6-10-27/h15-17,20H,5-14H2,1-4H3,(H,24,25). The predicted molar refractivity (Wildman–Crippen MR) is 119 cm³/mol. The number of hydrogen-bond acceptors (Lipinski definition) is 3. The molecule has 1 unspecified atom stereocenters. The fourth-order valence-corrected chi connectivity index (χ4v) is 4.54. The summed E-state index contributed by atoms with van der Waals surface area (Å²) in [6, 6.07) is 6.71. The third-order valence-corrected chi connectivity index (χ3v) is 6.13. The molecule has 1 atom stereocenters. The van der Waals surface area contributed by atoms with Crippen LogP contribution in [0.4, 0.5) is 0 Å². The summed E-state index contributed by atoms with van der Waals surface area (Å²) in [5.74, 6) is 1.26. The number of carbonyl (C=O) groups excluding carboxylic acids is 1. The van der Waals surface area contributed by atoms with E-state index in [-0.39, 0.29) is 6.04 Å². The summed E-state index contributed by atoms with van der Waals surface area (Å²) in [6.07, 6.45) is 3.29. The molecule has 2 heterocycles. The molecule has 1 amide bonds. The Morgan fingerprint density at radius 1 is 1.00 bits per heavy atom. The van der Waals surface area contributed by atoms with Crippen LogP contribution >= 0.6 is 0 Å². The lowest BCUT2D eigenvalue weighted by molar-refractivity contribution is -0.135. The predicted octanol–water partition coefficient (Wildman–Crippen LogP) is 2.05. The molecule has 2 aliphatic rings. The van der Waals surface area contributed by atoms with Gasteiger partial charge in [0.05, 0.1) is 6.04 Å². The zero-order valence-corrected chi connectivity index (χ0v) is 18.6. The number of nitrogens with zero attached hydrogens (tertiary/aromatic N) is 4. The van der Waals surface area contributed by atoms with Gasteiger partial charge in [-0.1, -0.05) is 29.3 Å². The second-order valence-electron chi connectivity index (χ2n) is 8.45. The molecule has 1 N–H and O–H groups in total. The first kappa shape index (κ1) is 21.6. The fourth-order valence-electron chi connectivity index (χ4n) is 4.54. The Morgan fingerprint density at radius 2 is 1.62 bits per heavy atom. The van der Waals surface area contributed by atoms with E-state index in [1.165, 1.54) is 16.7 Å². The topological polar surface area (TPSA) is 51.2 Å². The normalized spacial score (nSPS) is 19.5. The maximum absolute atomic E-state index is 12.7. The summed E-state index contributed by atoms with van der Waals surface area (Å²) in [5.41, 5.74) is 4.00. The van der Waals surface area contributed by atoms with Gasteiger partial charge in [0.2, 0.25) is 5.91 Å². The zero-order valence-electron chi connectivity index (χ0n) is 18.6. The summed E-state index contributed by atoms with van der Waals surface area (Å²) in [5, 5.41) is 3.52. The van der Waals surface area contributed by atoms with Crippen LogP contribution in [-0.4, -0.2) is 85.5 Å². The number of hydrogen-bond donors (Lipinski definition) is 1. The Morgan fingerprint density at radius 3 is 2.21 bits per heavy atom. The third-order valence-electron chi connectivity index (χ3n) is 6.13. The minimum Gasteiger partial charge on any atom is -0.356 e. The highest BCUT2D eigenvalue weighted by Crippen LogP contribution is 2.14. The van der Waals surface area contributed by atoms with Crippen molar-refractivity contribution in [2.45, 2.75) is 46.1 Å². The Labute approximate surface area is 176 Å². The van der Waals surface area contributed by atoms with E-state index in [1.54, 1.807) is 0 Å². The second kappa shape index (κ2) is 10.1. The first-order chi connectivity index (χ1) is 14.0. The van der Waals surface area contributed by atoms with E-state index >= 15 is 0 Å².